The van der Waals surface area contributed by atoms with Gasteiger partial charge in [0.2, 0.25) is 0 Å². The number of benzene rings is 1. The third kappa shape index (κ3) is 3.65. The summed E-state index contributed by atoms with van der Waals surface area (Å²) in [5.41, 5.74) is 0.879. The van der Waals surface area contributed by atoms with Gasteiger partial charge in [-0.1, -0.05) is 11.6 Å². The van der Waals surface area contributed by atoms with Crippen LogP contribution in [0.25, 0.3) is 0 Å². The Bertz CT molecular complexity index is 461. The number of hydrogen-bond acceptors (Lipinski definition) is 4. The van der Waals surface area contributed by atoms with Crippen molar-refractivity contribution in [2.75, 3.05) is 20.3 Å². The van der Waals surface area contributed by atoms with Gasteiger partial charge in [0.25, 0.3) is 5.69 Å². The summed E-state index contributed by atoms with van der Waals surface area (Å²) in [5, 5.41) is 11.4. The maximum Gasteiger partial charge on any atom is 0.269 e. The summed E-state index contributed by atoms with van der Waals surface area (Å²) < 4.78 is 5.33. The van der Waals surface area contributed by atoms with Gasteiger partial charge in [0.1, 0.15) is 0 Å². The molecule has 1 aromatic rings. The van der Waals surface area contributed by atoms with Crippen LogP contribution in [0.3, 0.4) is 0 Å². The molecule has 0 spiro atoms. The Morgan fingerprint density at radius 2 is 2.16 bits per heavy atom. The van der Waals surface area contributed by atoms with Gasteiger partial charge in [-0.05, 0) is 31.5 Å². The molecule has 6 heteroatoms. The second-order valence-corrected chi connectivity index (χ2v) is 5.20. The van der Waals surface area contributed by atoms with Gasteiger partial charge >= 0.3 is 0 Å². The summed E-state index contributed by atoms with van der Waals surface area (Å²) in [7, 11) is 2.02. The molecule has 1 aromatic carbocycles. The molecule has 19 heavy (non-hydrogen) atoms. The Morgan fingerprint density at radius 1 is 1.47 bits per heavy atom. The SMILES string of the molecule is CN(Cc1cc([N+](=O)[O-])ccc1Cl)C1CCOCC1. The van der Waals surface area contributed by atoms with Crippen LogP contribution in [-0.4, -0.2) is 36.1 Å². The lowest BCUT2D eigenvalue weighted by Crippen LogP contribution is -2.36. The number of nitro groups is 1. The summed E-state index contributed by atoms with van der Waals surface area (Å²) in [5.74, 6) is 0. The van der Waals surface area contributed by atoms with Crippen molar-refractivity contribution in [3.8, 4) is 0 Å². The highest BCUT2D eigenvalue weighted by molar-refractivity contribution is 6.31. The predicted octanol–water partition coefficient (Wildman–Crippen LogP) is 2.86. The molecule has 0 aromatic heterocycles. The van der Waals surface area contributed by atoms with Gasteiger partial charge in [-0.2, -0.15) is 0 Å². The van der Waals surface area contributed by atoms with Crippen molar-refractivity contribution >= 4 is 17.3 Å². The van der Waals surface area contributed by atoms with Gasteiger partial charge in [-0.25, -0.2) is 0 Å². The molecule has 0 aliphatic carbocycles. The Hall–Kier alpha value is -1.17. The summed E-state index contributed by atoms with van der Waals surface area (Å²) in [6.07, 6.45) is 1.98. The van der Waals surface area contributed by atoms with Crippen LogP contribution < -0.4 is 0 Å². The van der Waals surface area contributed by atoms with Gasteiger partial charge in [-0.15, -0.1) is 0 Å². The first kappa shape index (κ1) is 14.2. The molecule has 0 amide bonds. The Morgan fingerprint density at radius 3 is 2.79 bits per heavy atom. The highest BCUT2D eigenvalue weighted by Crippen LogP contribution is 2.24. The van der Waals surface area contributed by atoms with E-state index < -0.39 is 4.92 Å². The molecule has 5 nitrogen and oxygen atoms in total. The van der Waals surface area contributed by atoms with Crippen molar-refractivity contribution in [3.05, 3.63) is 38.9 Å². The zero-order valence-electron chi connectivity index (χ0n) is 10.8. The first-order valence-corrected chi connectivity index (χ1v) is 6.66. The molecule has 1 aliphatic rings. The molecule has 0 N–H and O–H groups in total. The van der Waals surface area contributed by atoms with E-state index in [-0.39, 0.29) is 5.69 Å². The largest absolute Gasteiger partial charge is 0.381 e. The van der Waals surface area contributed by atoms with Crippen molar-refractivity contribution in [1.82, 2.24) is 4.90 Å². The van der Waals surface area contributed by atoms with Crippen LogP contribution >= 0.6 is 11.6 Å². The molecular weight excluding hydrogens is 268 g/mol. The molecular formula is C13H17ClN2O3. The zero-order chi connectivity index (χ0) is 13.8. The van der Waals surface area contributed by atoms with Crippen LogP contribution in [0.1, 0.15) is 18.4 Å². The molecule has 104 valence electrons. The van der Waals surface area contributed by atoms with E-state index in [0.717, 1.165) is 31.6 Å². The molecule has 0 saturated carbocycles. The maximum atomic E-state index is 10.8. The van der Waals surface area contributed by atoms with Crippen molar-refractivity contribution in [2.24, 2.45) is 0 Å². The topological polar surface area (TPSA) is 55.6 Å². The highest BCUT2D eigenvalue weighted by atomic mass is 35.5. The van der Waals surface area contributed by atoms with E-state index in [1.807, 2.05) is 7.05 Å². The van der Waals surface area contributed by atoms with E-state index in [2.05, 4.69) is 4.90 Å². The molecule has 0 unspecified atom stereocenters. The highest BCUT2D eigenvalue weighted by Gasteiger charge is 2.20. The van der Waals surface area contributed by atoms with E-state index in [1.165, 1.54) is 6.07 Å². The minimum absolute atomic E-state index is 0.0831. The molecule has 1 aliphatic heterocycles. The standard InChI is InChI=1S/C13H17ClN2O3/c1-15(11-4-6-19-7-5-11)9-10-8-12(16(17)18)2-3-13(10)14/h2-3,8,11H,4-7,9H2,1H3. The van der Waals surface area contributed by atoms with Crippen molar-refractivity contribution < 1.29 is 9.66 Å². The monoisotopic (exact) mass is 284 g/mol. The normalized spacial score (nSPS) is 16.8. The third-order valence-electron chi connectivity index (χ3n) is 3.47. The van der Waals surface area contributed by atoms with Gasteiger partial charge in [0.15, 0.2) is 0 Å². The molecule has 0 atom stereocenters. The van der Waals surface area contributed by atoms with E-state index in [9.17, 15) is 10.1 Å². The van der Waals surface area contributed by atoms with Gasteiger partial charge < -0.3 is 4.74 Å². The lowest BCUT2D eigenvalue weighted by molar-refractivity contribution is -0.384. The van der Waals surface area contributed by atoms with E-state index in [4.69, 9.17) is 16.3 Å². The van der Waals surface area contributed by atoms with Gasteiger partial charge in [0.05, 0.1) is 4.92 Å². The second kappa shape index (κ2) is 6.32. The number of nitro benzene ring substituents is 1. The Labute approximate surface area is 117 Å². The first-order chi connectivity index (χ1) is 9.08. The van der Waals surface area contributed by atoms with Gasteiger partial charge in [0, 0.05) is 43.0 Å². The minimum Gasteiger partial charge on any atom is -0.381 e. The number of ether oxygens (including phenoxy) is 1. The summed E-state index contributed by atoms with van der Waals surface area (Å²) >= 11 is 6.11. The number of rotatable bonds is 4. The maximum absolute atomic E-state index is 10.8. The summed E-state index contributed by atoms with van der Waals surface area (Å²) in [4.78, 5) is 12.6. The third-order valence-corrected chi connectivity index (χ3v) is 3.84. The minimum atomic E-state index is -0.395. The molecule has 2 rings (SSSR count). The first-order valence-electron chi connectivity index (χ1n) is 6.28. The predicted molar refractivity (Wildman–Crippen MR) is 73.4 cm³/mol. The zero-order valence-corrected chi connectivity index (χ0v) is 11.6. The van der Waals surface area contributed by atoms with Crippen LogP contribution in [0.5, 0.6) is 0 Å². The van der Waals surface area contributed by atoms with Crippen molar-refractivity contribution in [3.63, 3.8) is 0 Å². The number of nitrogens with zero attached hydrogens (tertiary/aromatic N) is 2. The van der Waals surface area contributed by atoms with Crippen LogP contribution in [-0.2, 0) is 11.3 Å². The number of non-ortho nitro benzene ring substituents is 1. The molecule has 0 bridgehead atoms. The fourth-order valence-electron chi connectivity index (χ4n) is 2.32. The molecule has 1 fully saturated rings. The van der Waals surface area contributed by atoms with Crippen molar-refractivity contribution in [2.45, 2.75) is 25.4 Å². The van der Waals surface area contributed by atoms with E-state index >= 15 is 0 Å². The lowest BCUT2D eigenvalue weighted by Gasteiger charge is -2.31. The summed E-state index contributed by atoms with van der Waals surface area (Å²) in [6.45, 7) is 2.17. The lowest BCUT2D eigenvalue weighted by atomic mass is 10.1. The fourth-order valence-corrected chi connectivity index (χ4v) is 2.50. The fraction of sp³-hybridized carbons (Fsp3) is 0.538. The van der Waals surface area contributed by atoms with Crippen molar-refractivity contribution in [1.29, 1.82) is 0 Å². The van der Waals surface area contributed by atoms with Crippen LogP contribution in [0.4, 0.5) is 5.69 Å². The Kier molecular flexibility index (Phi) is 4.74. The van der Waals surface area contributed by atoms with E-state index in [0.29, 0.717) is 17.6 Å². The Balaban J connectivity index is 2.08. The second-order valence-electron chi connectivity index (χ2n) is 4.79. The van der Waals surface area contributed by atoms with Gasteiger partial charge in [-0.3, -0.25) is 15.0 Å². The average Bonchev–Trinajstić information content (AvgIpc) is 2.42. The van der Waals surface area contributed by atoms with E-state index in [1.54, 1.807) is 12.1 Å². The number of hydrogen-bond donors (Lipinski definition) is 0. The summed E-state index contributed by atoms with van der Waals surface area (Å²) in [6, 6.07) is 5.02. The smallest absolute Gasteiger partial charge is 0.269 e. The quantitative estimate of drug-likeness (QED) is 0.630. The van der Waals surface area contributed by atoms with Crippen LogP contribution in [0.15, 0.2) is 18.2 Å². The van der Waals surface area contributed by atoms with Crippen LogP contribution in [0.2, 0.25) is 5.02 Å². The molecule has 1 heterocycles. The number of halogens is 1. The molecule has 1 saturated heterocycles. The van der Waals surface area contributed by atoms with Crippen LogP contribution in [0, 0.1) is 10.1 Å². The average molecular weight is 285 g/mol. The molecule has 0 radical (unpaired) electrons.